The van der Waals surface area contributed by atoms with E-state index in [4.69, 9.17) is 0 Å². The van der Waals surface area contributed by atoms with Crippen LogP contribution in [0.4, 0.5) is 0 Å². The van der Waals surface area contributed by atoms with Gasteiger partial charge in [0.15, 0.2) is 5.82 Å². The van der Waals surface area contributed by atoms with E-state index in [1.54, 1.807) is 16.2 Å². The molecule has 0 spiro atoms. The van der Waals surface area contributed by atoms with Gasteiger partial charge in [0.25, 0.3) is 0 Å². The van der Waals surface area contributed by atoms with Gasteiger partial charge in [0, 0.05) is 25.6 Å². The molecule has 2 N–H and O–H groups in total. The summed E-state index contributed by atoms with van der Waals surface area (Å²) in [5, 5.41) is 14.2. The van der Waals surface area contributed by atoms with E-state index in [2.05, 4.69) is 20.5 Å². The number of likely N-dealkylation sites (tertiary alicyclic amines) is 1. The van der Waals surface area contributed by atoms with Gasteiger partial charge in [0.1, 0.15) is 5.82 Å². The molecule has 2 aromatic heterocycles. The summed E-state index contributed by atoms with van der Waals surface area (Å²) in [6, 6.07) is 11.5. The highest BCUT2D eigenvalue weighted by molar-refractivity contribution is 7.08. The summed E-state index contributed by atoms with van der Waals surface area (Å²) in [5.41, 5.74) is 1.94. The van der Waals surface area contributed by atoms with Crippen molar-refractivity contribution in [1.29, 1.82) is 0 Å². The predicted octanol–water partition coefficient (Wildman–Crippen LogP) is 2.21. The van der Waals surface area contributed by atoms with Crippen LogP contribution in [0.15, 0.2) is 47.2 Å². The van der Waals surface area contributed by atoms with Gasteiger partial charge in [-0.2, -0.15) is 16.4 Å². The molecule has 1 fully saturated rings. The van der Waals surface area contributed by atoms with Crippen molar-refractivity contribution in [2.75, 3.05) is 13.1 Å². The number of carbonyl (C=O) groups excluding carboxylic acids is 2. The average Bonchev–Trinajstić information content (AvgIpc) is 3.42. The van der Waals surface area contributed by atoms with Crippen LogP contribution in [0.3, 0.4) is 0 Å². The molecule has 1 aliphatic rings. The van der Waals surface area contributed by atoms with Crippen LogP contribution >= 0.6 is 11.3 Å². The van der Waals surface area contributed by atoms with E-state index in [1.807, 2.05) is 47.2 Å². The summed E-state index contributed by atoms with van der Waals surface area (Å²) < 4.78 is 0. The van der Waals surface area contributed by atoms with Gasteiger partial charge in [-0.1, -0.05) is 30.3 Å². The minimum atomic E-state index is -0.194. The normalized spacial score (nSPS) is 19.0. The number of amides is 2. The van der Waals surface area contributed by atoms with Crippen LogP contribution in [0.1, 0.15) is 24.2 Å². The van der Waals surface area contributed by atoms with Crippen molar-refractivity contribution in [3.05, 3.63) is 58.5 Å². The highest BCUT2D eigenvalue weighted by Crippen LogP contribution is 2.27. The third-order valence-corrected chi connectivity index (χ3v) is 5.61. The number of rotatable bonds is 5. The van der Waals surface area contributed by atoms with Crippen molar-refractivity contribution in [2.24, 2.45) is 0 Å². The number of aromatic amines is 1. The second-order valence-corrected chi connectivity index (χ2v) is 7.71. The second kappa shape index (κ2) is 7.93. The Morgan fingerprint density at radius 3 is 2.79 bits per heavy atom. The smallest absolute Gasteiger partial charge is 0.227 e. The number of hydrogen-bond acceptors (Lipinski definition) is 5. The molecule has 0 radical (unpaired) electrons. The number of thiophene rings is 1. The minimum Gasteiger partial charge on any atom is -0.351 e. The number of carbonyl (C=O) groups is 2. The lowest BCUT2D eigenvalue weighted by Gasteiger charge is -2.16. The van der Waals surface area contributed by atoms with E-state index >= 15 is 0 Å². The number of nitrogens with one attached hydrogen (secondary N) is 2. The van der Waals surface area contributed by atoms with Gasteiger partial charge in [0.2, 0.25) is 11.8 Å². The molecule has 3 aromatic rings. The average molecular weight is 395 g/mol. The maximum absolute atomic E-state index is 12.7. The van der Waals surface area contributed by atoms with Gasteiger partial charge in [-0.3, -0.25) is 14.7 Å². The number of H-pyrrole nitrogens is 1. The molecular formula is C20H21N5O2S. The summed E-state index contributed by atoms with van der Waals surface area (Å²) in [4.78, 5) is 30.8. The Morgan fingerprint density at radius 1 is 1.25 bits per heavy atom. The summed E-state index contributed by atoms with van der Waals surface area (Å²) in [6.07, 6.45) is 0.370. The predicted molar refractivity (Wildman–Crippen MR) is 107 cm³/mol. The minimum absolute atomic E-state index is 0.0547. The van der Waals surface area contributed by atoms with Crippen molar-refractivity contribution in [3.8, 4) is 11.4 Å². The Balaban J connectivity index is 1.53. The van der Waals surface area contributed by atoms with Crippen molar-refractivity contribution >= 4 is 23.2 Å². The summed E-state index contributed by atoms with van der Waals surface area (Å²) in [7, 11) is 0. The lowest BCUT2D eigenvalue weighted by molar-refractivity contribution is -0.129. The number of aromatic nitrogens is 3. The molecule has 1 aliphatic heterocycles. The van der Waals surface area contributed by atoms with Crippen LogP contribution in [0.2, 0.25) is 0 Å². The highest BCUT2D eigenvalue weighted by Gasteiger charge is 2.38. The largest absolute Gasteiger partial charge is 0.351 e. The van der Waals surface area contributed by atoms with Gasteiger partial charge in [-0.15, -0.1) is 0 Å². The molecule has 28 heavy (non-hydrogen) atoms. The molecule has 3 heterocycles. The third kappa shape index (κ3) is 3.96. The molecule has 0 aliphatic carbocycles. The molecule has 0 unspecified atom stereocenters. The van der Waals surface area contributed by atoms with E-state index < -0.39 is 0 Å². The van der Waals surface area contributed by atoms with Crippen LogP contribution in [-0.4, -0.2) is 51.0 Å². The Kier molecular flexibility index (Phi) is 5.21. The fourth-order valence-electron chi connectivity index (χ4n) is 3.53. The maximum atomic E-state index is 12.7. The van der Waals surface area contributed by atoms with Gasteiger partial charge in [-0.25, -0.2) is 4.98 Å². The zero-order chi connectivity index (χ0) is 19.5. The molecule has 2 amide bonds. The molecule has 2 atom stereocenters. The van der Waals surface area contributed by atoms with Gasteiger partial charge < -0.3 is 10.2 Å². The molecule has 0 bridgehead atoms. The number of nitrogens with zero attached hydrogens (tertiary/aromatic N) is 3. The van der Waals surface area contributed by atoms with Gasteiger partial charge in [-0.05, 0) is 22.4 Å². The van der Waals surface area contributed by atoms with E-state index in [0.717, 1.165) is 11.1 Å². The van der Waals surface area contributed by atoms with Gasteiger partial charge >= 0.3 is 0 Å². The first-order valence-electron chi connectivity index (χ1n) is 9.14. The Bertz CT molecular complexity index is 954. The van der Waals surface area contributed by atoms with E-state index in [1.165, 1.54) is 6.92 Å². The van der Waals surface area contributed by atoms with Crippen LogP contribution < -0.4 is 5.32 Å². The first kappa shape index (κ1) is 18.4. The van der Waals surface area contributed by atoms with E-state index in [0.29, 0.717) is 31.2 Å². The monoisotopic (exact) mass is 395 g/mol. The zero-order valence-corrected chi connectivity index (χ0v) is 16.3. The second-order valence-electron chi connectivity index (χ2n) is 6.93. The Morgan fingerprint density at radius 2 is 2.07 bits per heavy atom. The lowest BCUT2D eigenvalue weighted by Crippen LogP contribution is -2.39. The summed E-state index contributed by atoms with van der Waals surface area (Å²) >= 11 is 1.58. The molecule has 1 saturated heterocycles. The quantitative estimate of drug-likeness (QED) is 0.693. The highest BCUT2D eigenvalue weighted by atomic mass is 32.1. The Hall–Kier alpha value is -3.00. The van der Waals surface area contributed by atoms with Crippen molar-refractivity contribution in [3.63, 3.8) is 0 Å². The first-order valence-corrected chi connectivity index (χ1v) is 10.1. The molecule has 1 aromatic carbocycles. The van der Waals surface area contributed by atoms with Crippen LogP contribution in [0, 0.1) is 0 Å². The molecular weight excluding hydrogens is 374 g/mol. The first-order chi connectivity index (χ1) is 13.6. The van der Waals surface area contributed by atoms with Crippen LogP contribution in [-0.2, 0) is 16.0 Å². The fourth-order valence-corrected chi connectivity index (χ4v) is 4.20. The number of hydrogen-bond donors (Lipinski definition) is 2. The van der Waals surface area contributed by atoms with Crippen molar-refractivity contribution < 1.29 is 9.59 Å². The molecule has 4 rings (SSSR count). The number of benzene rings is 1. The fraction of sp³-hybridized carbons (Fsp3) is 0.300. The van der Waals surface area contributed by atoms with Crippen LogP contribution in [0.25, 0.3) is 11.4 Å². The topological polar surface area (TPSA) is 91.0 Å². The maximum Gasteiger partial charge on any atom is 0.227 e. The third-order valence-electron chi connectivity index (χ3n) is 4.88. The summed E-state index contributed by atoms with van der Waals surface area (Å²) in [6.45, 7) is 2.45. The molecule has 7 nitrogen and oxygen atoms in total. The summed E-state index contributed by atoms with van der Waals surface area (Å²) in [5.74, 6) is 1.10. The SMILES string of the molecule is CC(=O)N[C@@H]1CN(C(=O)Cc2ccsc2)C[C@H]1c1nc(-c2ccccc2)n[nH]1. The van der Waals surface area contributed by atoms with Crippen molar-refractivity contribution in [2.45, 2.75) is 25.3 Å². The van der Waals surface area contributed by atoms with Crippen LogP contribution in [0.5, 0.6) is 0 Å². The zero-order valence-electron chi connectivity index (χ0n) is 15.5. The molecule has 144 valence electrons. The lowest BCUT2D eigenvalue weighted by atomic mass is 10.0. The molecule has 8 heteroatoms. The molecule has 0 saturated carbocycles. The standard InChI is InChI=1S/C20H21N5O2S/c1-13(26)21-17-11-25(18(27)9-14-7-8-28-12-14)10-16(17)20-22-19(23-24-20)15-5-3-2-4-6-15/h2-8,12,16-17H,9-11H2,1H3,(H,21,26)(H,22,23,24)/t16-,17-/m1/s1. The van der Waals surface area contributed by atoms with Crippen molar-refractivity contribution in [1.82, 2.24) is 25.4 Å². The van der Waals surface area contributed by atoms with E-state index in [-0.39, 0.29) is 23.8 Å². The van der Waals surface area contributed by atoms with E-state index in [9.17, 15) is 9.59 Å². The Labute approximate surface area is 166 Å². The van der Waals surface area contributed by atoms with Gasteiger partial charge in [0.05, 0.1) is 18.4 Å².